The first-order valence-electron chi connectivity index (χ1n) is 5.42. The van der Waals surface area contributed by atoms with Gasteiger partial charge in [0.15, 0.2) is 5.13 Å². The summed E-state index contributed by atoms with van der Waals surface area (Å²) in [6.45, 7) is 0. The Bertz CT molecular complexity index is 371. The molecule has 1 aliphatic carbocycles. The number of carbonyl (C=O) groups is 1. The van der Waals surface area contributed by atoms with E-state index in [1.54, 1.807) is 5.38 Å². The first kappa shape index (κ1) is 11.3. The van der Waals surface area contributed by atoms with E-state index in [9.17, 15) is 4.79 Å². The number of nitrogen functional groups attached to an aromatic ring is 1. The zero-order valence-electron chi connectivity index (χ0n) is 8.98. The van der Waals surface area contributed by atoms with Crippen molar-refractivity contribution < 1.29 is 4.79 Å². The zero-order valence-corrected chi connectivity index (χ0v) is 9.80. The van der Waals surface area contributed by atoms with Gasteiger partial charge in [0.25, 0.3) is 5.91 Å². The molecule has 1 saturated carbocycles. The molecule has 0 aliphatic heterocycles. The van der Waals surface area contributed by atoms with Crippen LogP contribution in [0.4, 0.5) is 5.13 Å². The minimum atomic E-state index is -0.131. The van der Waals surface area contributed by atoms with Crippen LogP contribution < -0.4 is 16.8 Å². The van der Waals surface area contributed by atoms with Crippen molar-refractivity contribution in [2.75, 3.05) is 5.73 Å². The van der Waals surface area contributed by atoms with Crippen LogP contribution in [-0.2, 0) is 0 Å². The predicted octanol–water partition coefficient (Wildman–Crippen LogP) is 0.725. The van der Waals surface area contributed by atoms with Crippen molar-refractivity contribution in [3.63, 3.8) is 0 Å². The van der Waals surface area contributed by atoms with Gasteiger partial charge in [-0.3, -0.25) is 4.79 Å². The van der Waals surface area contributed by atoms with Gasteiger partial charge >= 0.3 is 0 Å². The Morgan fingerprint density at radius 1 is 1.44 bits per heavy atom. The van der Waals surface area contributed by atoms with Gasteiger partial charge in [0, 0.05) is 17.5 Å². The highest BCUT2D eigenvalue weighted by Crippen LogP contribution is 2.18. The average molecular weight is 240 g/mol. The summed E-state index contributed by atoms with van der Waals surface area (Å²) in [5, 5.41) is 5.07. The molecule has 6 heteroatoms. The zero-order chi connectivity index (χ0) is 11.5. The van der Waals surface area contributed by atoms with Crippen LogP contribution in [0.25, 0.3) is 0 Å². The number of nitrogens with zero attached hydrogens (tertiary/aromatic N) is 1. The molecule has 1 aromatic rings. The van der Waals surface area contributed by atoms with Crippen LogP contribution in [0.15, 0.2) is 5.38 Å². The lowest BCUT2D eigenvalue weighted by atomic mass is 9.92. The van der Waals surface area contributed by atoms with Crippen molar-refractivity contribution in [3.05, 3.63) is 11.1 Å². The molecular formula is C10H16N4OS. The number of rotatable bonds is 2. The predicted molar refractivity (Wildman–Crippen MR) is 64.2 cm³/mol. The highest BCUT2D eigenvalue weighted by Gasteiger charge is 2.21. The average Bonchev–Trinajstić information content (AvgIpc) is 2.68. The number of thiazole rings is 1. The molecule has 1 heterocycles. The minimum absolute atomic E-state index is 0.131. The van der Waals surface area contributed by atoms with Crippen LogP contribution in [0, 0.1) is 0 Å². The van der Waals surface area contributed by atoms with Gasteiger partial charge in [0.05, 0.1) is 0 Å². The molecule has 0 atom stereocenters. The van der Waals surface area contributed by atoms with E-state index in [0.29, 0.717) is 16.9 Å². The molecule has 5 nitrogen and oxygen atoms in total. The SMILES string of the molecule is Nc1nc(C(=O)NC2CCC(N)CC2)cs1. The van der Waals surface area contributed by atoms with E-state index >= 15 is 0 Å². The summed E-state index contributed by atoms with van der Waals surface area (Å²) in [5.74, 6) is -0.131. The number of nitrogens with two attached hydrogens (primary N) is 2. The fraction of sp³-hybridized carbons (Fsp3) is 0.600. The lowest BCUT2D eigenvalue weighted by Gasteiger charge is -2.26. The van der Waals surface area contributed by atoms with Crippen molar-refractivity contribution in [2.24, 2.45) is 5.73 Å². The summed E-state index contributed by atoms with van der Waals surface area (Å²) in [4.78, 5) is 15.7. The van der Waals surface area contributed by atoms with Crippen molar-refractivity contribution in [1.82, 2.24) is 10.3 Å². The molecule has 0 bridgehead atoms. The molecule has 0 unspecified atom stereocenters. The fourth-order valence-electron chi connectivity index (χ4n) is 1.91. The van der Waals surface area contributed by atoms with Gasteiger partial charge in [-0.25, -0.2) is 4.98 Å². The van der Waals surface area contributed by atoms with Crippen LogP contribution in [0.2, 0.25) is 0 Å². The van der Waals surface area contributed by atoms with E-state index in [1.165, 1.54) is 11.3 Å². The molecule has 0 aromatic carbocycles. The van der Waals surface area contributed by atoms with E-state index in [4.69, 9.17) is 11.5 Å². The Labute approximate surface area is 98.2 Å². The first-order valence-corrected chi connectivity index (χ1v) is 6.30. The highest BCUT2D eigenvalue weighted by atomic mass is 32.1. The van der Waals surface area contributed by atoms with Crippen LogP contribution in [0.1, 0.15) is 36.2 Å². The Hall–Kier alpha value is -1.14. The van der Waals surface area contributed by atoms with Gasteiger partial charge in [-0.2, -0.15) is 0 Å². The molecule has 1 amide bonds. The summed E-state index contributed by atoms with van der Waals surface area (Å²) in [5.41, 5.74) is 11.7. The van der Waals surface area contributed by atoms with Gasteiger partial charge in [-0.1, -0.05) is 0 Å². The number of hydrogen-bond acceptors (Lipinski definition) is 5. The number of amides is 1. The lowest BCUT2D eigenvalue weighted by molar-refractivity contribution is 0.0921. The molecule has 0 spiro atoms. The van der Waals surface area contributed by atoms with Crippen LogP contribution in [0.5, 0.6) is 0 Å². The fourth-order valence-corrected chi connectivity index (χ4v) is 2.46. The van der Waals surface area contributed by atoms with E-state index in [1.807, 2.05) is 0 Å². The quantitative estimate of drug-likeness (QED) is 0.710. The molecule has 1 aromatic heterocycles. The summed E-state index contributed by atoms with van der Waals surface area (Å²) < 4.78 is 0. The third kappa shape index (κ3) is 2.70. The second-order valence-electron chi connectivity index (χ2n) is 4.16. The number of hydrogen-bond donors (Lipinski definition) is 3. The molecular weight excluding hydrogens is 224 g/mol. The number of nitrogens with one attached hydrogen (secondary N) is 1. The molecule has 1 fully saturated rings. The van der Waals surface area contributed by atoms with Crippen molar-refractivity contribution in [2.45, 2.75) is 37.8 Å². The Morgan fingerprint density at radius 3 is 2.69 bits per heavy atom. The summed E-state index contributed by atoms with van der Waals surface area (Å²) in [6, 6.07) is 0.526. The monoisotopic (exact) mass is 240 g/mol. The van der Waals surface area contributed by atoms with E-state index in [2.05, 4.69) is 10.3 Å². The summed E-state index contributed by atoms with van der Waals surface area (Å²) >= 11 is 1.28. The topological polar surface area (TPSA) is 94.0 Å². The maximum absolute atomic E-state index is 11.8. The van der Waals surface area contributed by atoms with Crippen LogP contribution in [0.3, 0.4) is 0 Å². The molecule has 88 valence electrons. The second kappa shape index (κ2) is 4.80. The normalized spacial score (nSPS) is 25.3. The summed E-state index contributed by atoms with van der Waals surface area (Å²) in [6.07, 6.45) is 3.85. The van der Waals surface area contributed by atoms with Gasteiger partial charge < -0.3 is 16.8 Å². The molecule has 5 N–H and O–H groups in total. The van der Waals surface area contributed by atoms with Gasteiger partial charge in [0.2, 0.25) is 0 Å². The molecule has 2 rings (SSSR count). The third-order valence-electron chi connectivity index (χ3n) is 2.86. The molecule has 0 saturated heterocycles. The lowest BCUT2D eigenvalue weighted by Crippen LogP contribution is -2.40. The smallest absolute Gasteiger partial charge is 0.271 e. The number of carbonyl (C=O) groups excluding carboxylic acids is 1. The number of anilines is 1. The van der Waals surface area contributed by atoms with E-state index < -0.39 is 0 Å². The Kier molecular flexibility index (Phi) is 3.40. The summed E-state index contributed by atoms with van der Waals surface area (Å²) in [7, 11) is 0. The molecule has 16 heavy (non-hydrogen) atoms. The van der Waals surface area contributed by atoms with Crippen molar-refractivity contribution in [1.29, 1.82) is 0 Å². The van der Waals surface area contributed by atoms with E-state index in [-0.39, 0.29) is 11.9 Å². The largest absolute Gasteiger partial charge is 0.375 e. The maximum atomic E-state index is 11.8. The van der Waals surface area contributed by atoms with Gasteiger partial charge in [0.1, 0.15) is 5.69 Å². The Balaban J connectivity index is 1.88. The van der Waals surface area contributed by atoms with Gasteiger partial charge in [-0.05, 0) is 25.7 Å². The van der Waals surface area contributed by atoms with E-state index in [0.717, 1.165) is 25.7 Å². The van der Waals surface area contributed by atoms with Crippen molar-refractivity contribution >= 4 is 22.4 Å². The van der Waals surface area contributed by atoms with Crippen LogP contribution >= 0.6 is 11.3 Å². The van der Waals surface area contributed by atoms with Gasteiger partial charge in [-0.15, -0.1) is 11.3 Å². The number of aromatic nitrogens is 1. The second-order valence-corrected chi connectivity index (χ2v) is 5.05. The minimum Gasteiger partial charge on any atom is -0.375 e. The highest BCUT2D eigenvalue weighted by molar-refractivity contribution is 7.13. The third-order valence-corrected chi connectivity index (χ3v) is 3.54. The maximum Gasteiger partial charge on any atom is 0.271 e. The van der Waals surface area contributed by atoms with Crippen LogP contribution in [-0.4, -0.2) is 23.0 Å². The Morgan fingerprint density at radius 2 is 2.12 bits per heavy atom. The molecule has 1 aliphatic rings. The standard InChI is InChI=1S/C10H16N4OS/c11-6-1-3-7(4-2-6)13-9(15)8-5-16-10(12)14-8/h5-7H,1-4,11H2,(H2,12,14)(H,13,15). The first-order chi connectivity index (χ1) is 7.65. The molecule has 0 radical (unpaired) electrons. The van der Waals surface area contributed by atoms with Crippen molar-refractivity contribution in [3.8, 4) is 0 Å².